The topological polar surface area (TPSA) is 106 Å². The van der Waals surface area contributed by atoms with Crippen molar-refractivity contribution < 1.29 is 14.3 Å². The van der Waals surface area contributed by atoms with E-state index in [-0.39, 0.29) is 18.3 Å². The maximum Gasteiger partial charge on any atom is 0.338 e. The van der Waals surface area contributed by atoms with Gasteiger partial charge in [0.25, 0.3) is 0 Å². The van der Waals surface area contributed by atoms with Crippen LogP contribution in [0.4, 0.5) is 5.13 Å². The number of rotatable bonds is 7. The van der Waals surface area contributed by atoms with E-state index in [0.29, 0.717) is 21.6 Å². The number of allylic oxidation sites excluding steroid dienone is 1. The van der Waals surface area contributed by atoms with Gasteiger partial charge in [-0.25, -0.2) is 9.79 Å². The van der Waals surface area contributed by atoms with E-state index in [2.05, 4.69) is 25.8 Å². The first-order valence-electron chi connectivity index (χ1n) is 9.54. The third kappa shape index (κ3) is 5.45. The molecule has 0 radical (unpaired) electrons. The number of thioether (sulfide) groups is 1. The molecule has 158 valence electrons. The summed E-state index contributed by atoms with van der Waals surface area (Å²) in [5.41, 5.74) is 2.01. The molecule has 10 heteroatoms. The number of amides is 1. The van der Waals surface area contributed by atoms with Gasteiger partial charge in [-0.1, -0.05) is 60.4 Å². The number of ether oxygens (including phenoxy) is 1. The number of carbonyl (C=O) groups is 2. The summed E-state index contributed by atoms with van der Waals surface area (Å²) in [5, 5.41) is 15.7. The van der Waals surface area contributed by atoms with Crippen LogP contribution in [-0.2, 0) is 20.7 Å². The predicted octanol–water partition coefficient (Wildman–Crippen LogP) is 3.31. The van der Waals surface area contributed by atoms with E-state index in [1.807, 2.05) is 44.2 Å². The average molecular weight is 446 g/mol. The second-order valence-corrected chi connectivity index (χ2v) is 8.35. The van der Waals surface area contributed by atoms with Crippen molar-refractivity contribution in [2.24, 2.45) is 4.99 Å². The van der Waals surface area contributed by atoms with Crippen LogP contribution in [0.1, 0.15) is 37.4 Å². The van der Waals surface area contributed by atoms with Crippen LogP contribution in [0, 0.1) is 0 Å². The molecule has 3 rings (SSSR count). The molecule has 2 aromatic rings. The largest absolute Gasteiger partial charge is 0.463 e. The van der Waals surface area contributed by atoms with Gasteiger partial charge in [0.15, 0.2) is 5.17 Å². The molecule has 0 saturated carbocycles. The Morgan fingerprint density at radius 2 is 2.00 bits per heavy atom. The van der Waals surface area contributed by atoms with Gasteiger partial charge in [0.05, 0.1) is 17.9 Å². The summed E-state index contributed by atoms with van der Waals surface area (Å²) in [6.45, 7) is 5.85. The van der Waals surface area contributed by atoms with Crippen LogP contribution in [0.15, 0.2) is 46.6 Å². The molecule has 1 aromatic heterocycles. The van der Waals surface area contributed by atoms with Crippen molar-refractivity contribution in [2.75, 3.05) is 17.7 Å². The number of nitrogens with one attached hydrogen (secondary N) is 2. The zero-order valence-electron chi connectivity index (χ0n) is 17.0. The van der Waals surface area contributed by atoms with E-state index in [1.54, 1.807) is 6.92 Å². The lowest BCUT2D eigenvalue weighted by Crippen LogP contribution is -2.31. The number of esters is 1. The van der Waals surface area contributed by atoms with E-state index in [0.717, 1.165) is 17.0 Å². The fourth-order valence-corrected chi connectivity index (χ4v) is 4.25. The van der Waals surface area contributed by atoms with Crippen LogP contribution < -0.4 is 10.6 Å². The standard InChI is InChI=1S/C20H23N5O3S2/c1-4-15-24-25-20(30-15)22-14(26)11-29-19-21-12(3)16(18(27)28-5-2)17(23-19)13-9-7-6-8-10-13/h6-10,17H,4-5,11H2,1-3H3,(H,21,23)(H,22,25,26)/t17-/m1/s1. The number of benzene rings is 1. The van der Waals surface area contributed by atoms with Gasteiger partial charge in [0, 0.05) is 5.70 Å². The summed E-state index contributed by atoms with van der Waals surface area (Å²) in [4.78, 5) is 29.5. The summed E-state index contributed by atoms with van der Waals surface area (Å²) in [6, 6.07) is 9.05. The first-order valence-corrected chi connectivity index (χ1v) is 11.3. The van der Waals surface area contributed by atoms with Crippen molar-refractivity contribution in [3.8, 4) is 0 Å². The molecule has 0 unspecified atom stereocenters. The summed E-state index contributed by atoms with van der Waals surface area (Å²) < 4.78 is 5.23. The smallest absolute Gasteiger partial charge is 0.338 e. The molecular formula is C20H23N5O3S2. The Morgan fingerprint density at radius 1 is 1.23 bits per heavy atom. The lowest BCUT2D eigenvalue weighted by molar-refractivity contribution is -0.139. The summed E-state index contributed by atoms with van der Waals surface area (Å²) in [6.07, 6.45) is 0.776. The molecule has 2 heterocycles. The molecule has 1 aliphatic heterocycles. The minimum atomic E-state index is -0.493. The SMILES string of the molecule is CCOC(=O)C1=C(C)NC(SCC(=O)Nc2nnc(CC)s2)=N[C@@H]1c1ccccc1. The van der Waals surface area contributed by atoms with Crippen molar-refractivity contribution >= 4 is 45.3 Å². The highest BCUT2D eigenvalue weighted by molar-refractivity contribution is 8.14. The van der Waals surface area contributed by atoms with Crippen molar-refractivity contribution in [3.05, 3.63) is 52.2 Å². The average Bonchev–Trinajstić information content (AvgIpc) is 3.20. The van der Waals surface area contributed by atoms with Crippen molar-refractivity contribution in [2.45, 2.75) is 33.2 Å². The van der Waals surface area contributed by atoms with Crippen LogP contribution in [0.5, 0.6) is 0 Å². The number of hydrogen-bond acceptors (Lipinski definition) is 9. The van der Waals surface area contributed by atoms with E-state index in [9.17, 15) is 9.59 Å². The minimum absolute atomic E-state index is 0.149. The Bertz CT molecular complexity index is 972. The van der Waals surface area contributed by atoms with E-state index < -0.39 is 12.0 Å². The Morgan fingerprint density at radius 3 is 2.67 bits per heavy atom. The number of anilines is 1. The molecule has 1 aliphatic rings. The van der Waals surface area contributed by atoms with Gasteiger partial charge < -0.3 is 10.1 Å². The molecule has 0 fully saturated rings. The molecule has 1 aromatic carbocycles. The molecule has 8 nitrogen and oxygen atoms in total. The van der Waals surface area contributed by atoms with E-state index >= 15 is 0 Å². The Balaban J connectivity index is 1.72. The van der Waals surface area contributed by atoms with Gasteiger partial charge in [-0.15, -0.1) is 10.2 Å². The number of aromatic nitrogens is 2. The highest BCUT2D eigenvalue weighted by atomic mass is 32.2. The minimum Gasteiger partial charge on any atom is -0.463 e. The Labute approximate surface area is 183 Å². The molecule has 0 bridgehead atoms. The zero-order valence-corrected chi connectivity index (χ0v) is 18.6. The first-order chi connectivity index (χ1) is 14.5. The zero-order chi connectivity index (χ0) is 21.5. The van der Waals surface area contributed by atoms with Gasteiger partial charge >= 0.3 is 5.97 Å². The second-order valence-electron chi connectivity index (χ2n) is 6.32. The fraction of sp³-hybridized carbons (Fsp3) is 0.350. The molecule has 30 heavy (non-hydrogen) atoms. The molecule has 1 amide bonds. The van der Waals surface area contributed by atoms with Crippen molar-refractivity contribution in [3.63, 3.8) is 0 Å². The van der Waals surface area contributed by atoms with Crippen LogP contribution in [0.25, 0.3) is 0 Å². The monoisotopic (exact) mass is 445 g/mol. The van der Waals surface area contributed by atoms with Crippen molar-refractivity contribution in [1.82, 2.24) is 15.5 Å². The maximum atomic E-state index is 12.5. The molecule has 0 saturated heterocycles. The van der Waals surface area contributed by atoms with Crippen molar-refractivity contribution in [1.29, 1.82) is 0 Å². The second kappa shape index (κ2) is 10.4. The number of nitrogens with zero attached hydrogens (tertiary/aromatic N) is 3. The molecular weight excluding hydrogens is 422 g/mol. The van der Waals surface area contributed by atoms with Gasteiger partial charge in [-0.2, -0.15) is 0 Å². The molecule has 2 N–H and O–H groups in total. The van der Waals surface area contributed by atoms with Gasteiger partial charge in [-0.05, 0) is 25.8 Å². The quantitative estimate of drug-likeness (QED) is 0.630. The van der Waals surface area contributed by atoms with Gasteiger partial charge in [-0.3, -0.25) is 10.1 Å². The third-order valence-corrected chi connectivity index (χ3v) is 6.05. The third-order valence-electron chi connectivity index (χ3n) is 4.18. The van der Waals surface area contributed by atoms with Crippen LogP contribution >= 0.6 is 23.1 Å². The lowest BCUT2D eigenvalue weighted by Gasteiger charge is -2.25. The van der Waals surface area contributed by atoms with Crippen LogP contribution in [-0.4, -0.2) is 39.6 Å². The highest BCUT2D eigenvalue weighted by Gasteiger charge is 2.30. The van der Waals surface area contributed by atoms with E-state index in [1.165, 1.54) is 23.1 Å². The molecule has 0 spiro atoms. The normalized spacial score (nSPS) is 16.0. The van der Waals surface area contributed by atoms with E-state index in [4.69, 9.17) is 4.74 Å². The summed E-state index contributed by atoms with van der Waals surface area (Å²) in [5.74, 6) is -0.446. The molecule has 1 atom stereocenters. The van der Waals surface area contributed by atoms with Crippen LogP contribution in [0.3, 0.4) is 0 Å². The number of amidine groups is 1. The summed E-state index contributed by atoms with van der Waals surface area (Å²) >= 11 is 2.62. The number of carbonyl (C=O) groups excluding carboxylic acids is 2. The number of hydrogen-bond donors (Lipinski definition) is 2. The highest BCUT2D eigenvalue weighted by Crippen LogP contribution is 2.32. The summed E-state index contributed by atoms with van der Waals surface area (Å²) in [7, 11) is 0. The number of aliphatic imine (C=N–C) groups is 1. The fourth-order valence-electron chi connectivity index (χ4n) is 2.81. The number of aryl methyl sites for hydroxylation is 1. The van der Waals surface area contributed by atoms with Crippen LogP contribution in [0.2, 0.25) is 0 Å². The first kappa shape index (κ1) is 22.0. The lowest BCUT2D eigenvalue weighted by atomic mass is 9.97. The van der Waals surface area contributed by atoms with Gasteiger partial charge in [0.1, 0.15) is 11.0 Å². The predicted molar refractivity (Wildman–Crippen MR) is 119 cm³/mol. The van der Waals surface area contributed by atoms with Gasteiger partial charge in [0.2, 0.25) is 11.0 Å². The Kier molecular flexibility index (Phi) is 7.58. The Hall–Kier alpha value is -2.72. The maximum absolute atomic E-state index is 12.5. The molecule has 0 aliphatic carbocycles.